The molecule has 136 valence electrons. The predicted molar refractivity (Wildman–Crippen MR) is 91.5 cm³/mol. The Hall–Kier alpha value is -2.31. The number of amides is 2. The fraction of sp³-hybridized carbons (Fsp3) is 0.611. The lowest BCUT2D eigenvalue weighted by Gasteiger charge is -2.25. The van der Waals surface area contributed by atoms with Crippen LogP contribution in [0, 0.1) is 6.92 Å². The van der Waals surface area contributed by atoms with Crippen molar-refractivity contribution >= 4 is 12.0 Å². The van der Waals surface area contributed by atoms with E-state index in [1.54, 1.807) is 4.90 Å². The van der Waals surface area contributed by atoms with Crippen molar-refractivity contribution in [1.82, 2.24) is 15.2 Å². The van der Waals surface area contributed by atoms with Crippen molar-refractivity contribution in [2.24, 2.45) is 0 Å². The molecule has 0 unspecified atom stereocenters. The molecule has 2 saturated heterocycles. The molecule has 0 saturated carbocycles. The van der Waals surface area contributed by atoms with E-state index in [4.69, 9.17) is 9.47 Å². The van der Waals surface area contributed by atoms with Gasteiger partial charge in [0.2, 0.25) is 0 Å². The summed E-state index contributed by atoms with van der Waals surface area (Å²) in [7, 11) is 0. The number of aryl methyl sites for hydroxylation is 2. The molecular formula is C18H25N3O4. The van der Waals surface area contributed by atoms with Crippen molar-refractivity contribution in [3.63, 3.8) is 0 Å². The number of carbonyl (C=O) groups is 2. The average Bonchev–Trinajstić information content (AvgIpc) is 2.84. The van der Waals surface area contributed by atoms with Crippen LogP contribution in [0.2, 0.25) is 0 Å². The average molecular weight is 347 g/mol. The minimum absolute atomic E-state index is 0.00276. The summed E-state index contributed by atoms with van der Waals surface area (Å²) in [6.07, 6.45) is 2.65. The molecule has 2 aliphatic heterocycles. The zero-order valence-electron chi connectivity index (χ0n) is 14.8. The second kappa shape index (κ2) is 7.29. The van der Waals surface area contributed by atoms with Gasteiger partial charge in [0.05, 0.1) is 12.2 Å². The number of ether oxygens (including phenoxy) is 2. The summed E-state index contributed by atoms with van der Waals surface area (Å²) < 4.78 is 11.2. The molecule has 2 aliphatic rings. The van der Waals surface area contributed by atoms with Gasteiger partial charge in [-0.1, -0.05) is 6.92 Å². The summed E-state index contributed by atoms with van der Waals surface area (Å²) in [6.45, 7) is 5.72. The molecule has 0 aromatic carbocycles. The third-order valence-electron chi connectivity index (χ3n) is 4.87. The minimum atomic E-state index is -0.455. The number of hydrogen-bond donors (Lipinski definition) is 1. The third kappa shape index (κ3) is 4.03. The van der Waals surface area contributed by atoms with Gasteiger partial charge in [0.25, 0.3) is 5.91 Å². The maximum Gasteiger partial charge on any atom is 0.407 e. The summed E-state index contributed by atoms with van der Waals surface area (Å²) in [5, 5.41) is 2.72. The lowest BCUT2D eigenvalue weighted by atomic mass is 9.95. The number of hydrogen-bond acceptors (Lipinski definition) is 5. The minimum Gasteiger partial charge on any atom is -0.482 e. The number of aromatic nitrogens is 1. The van der Waals surface area contributed by atoms with E-state index in [1.165, 1.54) is 0 Å². The summed E-state index contributed by atoms with van der Waals surface area (Å²) in [6, 6.07) is 3.76. The number of pyridine rings is 1. The molecular weight excluding hydrogens is 322 g/mol. The molecule has 25 heavy (non-hydrogen) atoms. The number of rotatable bonds is 4. The Labute approximate surface area is 147 Å². The van der Waals surface area contributed by atoms with Gasteiger partial charge in [-0.05, 0) is 38.3 Å². The number of likely N-dealkylation sites (tertiary alicyclic amines) is 1. The first-order valence-corrected chi connectivity index (χ1v) is 8.85. The monoisotopic (exact) mass is 347 g/mol. The highest BCUT2D eigenvalue weighted by Gasteiger charge is 2.41. The van der Waals surface area contributed by atoms with Gasteiger partial charge in [-0.2, -0.15) is 0 Å². The molecule has 2 amide bonds. The van der Waals surface area contributed by atoms with Crippen LogP contribution in [0.25, 0.3) is 0 Å². The molecule has 2 fully saturated rings. The fourth-order valence-corrected chi connectivity index (χ4v) is 3.41. The Bertz CT molecular complexity index is 664. The summed E-state index contributed by atoms with van der Waals surface area (Å²) in [5.74, 6) is 0.624. The van der Waals surface area contributed by atoms with Crippen molar-refractivity contribution < 1.29 is 19.1 Å². The van der Waals surface area contributed by atoms with Crippen LogP contribution in [0.5, 0.6) is 5.75 Å². The maximum absolute atomic E-state index is 12.5. The Balaban J connectivity index is 1.56. The first-order chi connectivity index (χ1) is 12.0. The number of nitrogens with zero attached hydrogens (tertiary/aromatic N) is 2. The Morgan fingerprint density at radius 1 is 1.40 bits per heavy atom. The maximum atomic E-state index is 12.5. The van der Waals surface area contributed by atoms with Crippen molar-refractivity contribution in [3.05, 3.63) is 23.5 Å². The highest BCUT2D eigenvalue weighted by atomic mass is 16.6. The molecule has 3 heterocycles. The van der Waals surface area contributed by atoms with Crippen LogP contribution in [0.4, 0.5) is 4.79 Å². The zero-order chi connectivity index (χ0) is 17.9. The predicted octanol–water partition coefficient (Wildman–Crippen LogP) is 1.82. The highest BCUT2D eigenvalue weighted by molar-refractivity contribution is 5.78. The summed E-state index contributed by atoms with van der Waals surface area (Å²) in [4.78, 5) is 30.1. The largest absolute Gasteiger partial charge is 0.482 e. The van der Waals surface area contributed by atoms with Gasteiger partial charge in [0, 0.05) is 25.2 Å². The van der Waals surface area contributed by atoms with Gasteiger partial charge in [-0.3, -0.25) is 9.78 Å². The van der Waals surface area contributed by atoms with Crippen molar-refractivity contribution in [2.75, 3.05) is 26.2 Å². The third-order valence-corrected chi connectivity index (χ3v) is 4.87. The van der Waals surface area contributed by atoms with Crippen molar-refractivity contribution in [2.45, 2.75) is 45.1 Å². The van der Waals surface area contributed by atoms with Crippen molar-refractivity contribution in [3.8, 4) is 5.75 Å². The van der Waals surface area contributed by atoms with E-state index in [9.17, 15) is 9.59 Å². The second-order valence-electron chi connectivity index (χ2n) is 6.70. The first kappa shape index (κ1) is 17.5. The Morgan fingerprint density at radius 2 is 2.24 bits per heavy atom. The number of carbonyl (C=O) groups excluding carboxylic acids is 2. The standard InChI is InChI=1S/C18H25N3O4/c1-3-14-15(6-5-13(2)20-14)24-11-16(22)21-9-4-7-18(8-10-21)12-19-17(23)25-18/h5-6H,3-4,7-12H2,1-2H3,(H,19,23)/t18-/m1/s1. The molecule has 1 aromatic heterocycles. The normalized spacial score (nSPS) is 23.1. The van der Waals surface area contributed by atoms with Gasteiger partial charge in [-0.25, -0.2) is 4.79 Å². The van der Waals surface area contributed by atoms with Gasteiger partial charge in [-0.15, -0.1) is 0 Å². The summed E-state index contributed by atoms with van der Waals surface area (Å²) in [5.41, 5.74) is 1.35. The van der Waals surface area contributed by atoms with E-state index < -0.39 is 5.60 Å². The van der Waals surface area contributed by atoms with Gasteiger partial charge < -0.3 is 19.7 Å². The zero-order valence-corrected chi connectivity index (χ0v) is 14.8. The van der Waals surface area contributed by atoms with Crippen LogP contribution >= 0.6 is 0 Å². The molecule has 0 aliphatic carbocycles. The van der Waals surface area contributed by atoms with Gasteiger partial charge in [0.1, 0.15) is 11.4 Å². The second-order valence-corrected chi connectivity index (χ2v) is 6.70. The molecule has 7 nitrogen and oxygen atoms in total. The van der Waals surface area contributed by atoms with Crippen LogP contribution < -0.4 is 10.1 Å². The van der Waals surface area contributed by atoms with E-state index in [0.717, 1.165) is 30.7 Å². The van der Waals surface area contributed by atoms with Crippen molar-refractivity contribution in [1.29, 1.82) is 0 Å². The molecule has 7 heteroatoms. The number of alkyl carbamates (subject to hydrolysis) is 1. The fourth-order valence-electron chi connectivity index (χ4n) is 3.41. The molecule has 1 atom stereocenters. The van der Waals surface area contributed by atoms with Gasteiger partial charge >= 0.3 is 6.09 Å². The molecule has 1 N–H and O–H groups in total. The lowest BCUT2D eigenvalue weighted by molar-refractivity contribution is -0.133. The summed E-state index contributed by atoms with van der Waals surface area (Å²) >= 11 is 0. The van der Waals surface area contributed by atoms with Crippen LogP contribution in [0.1, 0.15) is 37.6 Å². The van der Waals surface area contributed by atoms with Crippen LogP contribution in [0.3, 0.4) is 0 Å². The highest BCUT2D eigenvalue weighted by Crippen LogP contribution is 2.29. The van der Waals surface area contributed by atoms with Crippen LogP contribution in [0.15, 0.2) is 12.1 Å². The van der Waals surface area contributed by atoms with E-state index in [-0.39, 0.29) is 18.6 Å². The van der Waals surface area contributed by atoms with Crippen LogP contribution in [-0.2, 0) is 16.0 Å². The molecule has 0 bridgehead atoms. The van der Waals surface area contributed by atoms with Gasteiger partial charge in [0.15, 0.2) is 6.61 Å². The molecule has 3 rings (SSSR count). The smallest absolute Gasteiger partial charge is 0.407 e. The lowest BCUT2D eigenvalue weighted by Crippen LogP contribution is -2.38. The van der Waals surface area contributed by atoms with E-state index in [0.29, 0.717) is 31.8 Å². The molecule has 0 radical (unpaired) electrons. The first-order valence-electron chi connectivity index (χ1n) is 8.85. The Morgan fingerprint density at radius 3 is 2.96 bits per heavy atom. The molecule has 1 aromatic rings. The topological polar surface area (TPSA) is 80.8 Å². The van der Waals surface area contributed by atoms with E-state index in [2.05, 4.69) is 10.3 Å². The van der Waals surface area contributed by atoms with E-state index in [1.807, 2.05) is 26.0 Å². The quantitative estimate of drug-likeness (QED) is 0.899. The van der Waals surface area contributed by atoms with E-state index >= 15 is 0 Å². The SMILES string of the molecule is CCc1nc(C)ccc1OCC(=O)N1CCC[C@@]2(CC1)CNC(=O)O2. The number of nitrogens with one attached hydrogen (secondary N) is 1. The van der Waals surface area contributed by atoms with Crippen LogP contribution in [-0.4, -0.2) is 53.7 Å². The Kier molecular flexibility index (Phi) is 5.11. The molecule has 1 spiro atoms.